The van der Waals surface area contributed by atoms with Crippen molar-refractivity contribution >= 4 is 68.5 Å². The molecule has 10 nitrogen and oxygen atoms in total. The van der Waals surface area contributed by atoms with Crippen LogP contribution in [0, 0.1) is 0 Å². The van der Waals surface area contributed by atoms with E-state index in [1.807, 2.05) is 12.1 Å². The number of hydrogen-bond donors (Lipinski definition) is 4. The quantitative estimate of drug-likeness (QED) is 0.0988. The number of aromatic nitrogens is 4. The molecule has 6 atom stereocenters. The Morgan fingerprint density at radius 2 is 1.02 bits per heavy atom. The number of allylic oxidation sites excluding steroid dienone is 2. The average molecular weight is 995 g/mol. The van der Waals surface area contributed by atoms with Crippen molar-refractivity contribution in [3.05, 3.63) is 122 Å². The predicted molar refractivity (Wildman–Crippen MR) is 283 cm³/mol. The number of rotatable bonds is 8. The zero-order valence-electron chi connectivity index (χ0n) is 40.0. The van der Waals surface area contributed by atoms with Gasteiger partial charge in [-0.3, -0.25) is 0 Å². The molecule has 2 fully saturated rings. The molecule has 0 amide bonds. The van der Waals surface area contributed by atoms with Crippen LogP contribution in [0.25, 0.3) is 11.1 Å². The van der Waals surface area contributed by atoms with E-state index in [1.54, 1.807) is 6.20 Å². The highest BCUT2D eigenvalue weighted by molar-refractivity contribution is 6.74. The summed E-state index contributed by atoms with van der Waals surface area (Å²) in [6.07, 6.45) is 15.4. The van der Waals surface area contributed by atoms with Crippen LogP contribution in [0.15, 0.2) is 73.1 Å². The van der Waals surface area contributed by atoms with Crippen LogP contribution in [-0.2, 0) is 21.7 Å². The molecule has 4 aliphatic rings. The molecule has 2 aromatic carbocycles. The molecule has 8 rings (SSSR count). The van der Waals surface area contributed by atoms with Gasteiger partial charge in [0.05, 0.1) is 33.8 Å². The van der Waals surface area contributed by atoms with Crippen LogP contribution < -0.4 is 22.5 Å². The van der Waals surface area contributed by atoms with Gasteiger partial charge in [-0.2, -0.15) is 0 Å². The van der Waals surface area contributed by atoms with Gasteiger partial charge in [-0.25, -0.2) is 19.9 Å². The standard InChI is InChI=1S/C25H35ClN4OSi.C13H8Cl2N2.C12H28N2OSi.CH4/c1-25(2,3)32(4,5)31-19-13-17(27)12-18(14-19)29-24-28-15-22(26)23(30-24)21-11-10-16-8-6-7-9-20(16)21;14-11-7-16-13(15)17-12(11)10-6-5-8-3-1-2-4-9(8)10;1-12(2,3)16(4,5)15-11-7-9(13)6-10(14)8-11;/h6-9,11,15,17-19H,10,12-14,27H2,1-5H3,(H,28,29,30);1-4,6-7H,5H2;9-11H,6-8,13-14H2,1-5H3;1H4/t17-,18+,19+;;9-,10+,11?;/m1.../s1. The molecule has 0 saturated heterocycles. The van der Waals surface area contributed by atoms with Gasteiger partial charge in [0.25, 0.3) is 0 Å². The molecule has 2 aromatic heterocycles. The molecule has 1 unspecified atom stereocenters. The molecular weight excluding hydrogens is 919 g/mol. The molecule has 66 heavy (non-hydrogen) atoms. The molecule has 7 N–H and O–H groups in total. The Labute approximate surface area is 412 Å². The molecule has 4 aliphatic carbocycles. The van der Waals surface area contributed by atoms with Gasteiger partial charge in [0, 0.05) is 47.5 Å². The third-order valence-corrected chi connectivity index (χ3v) is 23.7. The first-order valence-electron chi connectivity index (χ1n) is 23.1. The van der Waals surface area contributed by atoms with E-state index in [0.29, 0.717) is 21.7 Å². The Balaban J connectivity index is 0.000000203. The lowest BCUT2D eigenvalue weighted by atomic mass is 9.89. The summed E-state index contributed by atoms with van der Waals surface area (Å²) in [5.41, 5.74) is 27.0. The van der Waals surface area contributed by atoms with E-state index in [4.69, 9.17) is 65.8 Å². The van der Waals surface area contributed by atoms with E-state index >= 15 is 0 Å². The highest BCUT2D eigenvalue weighted by Crippen LogP contribution is 2.41. The number of anilines is 1. The molecule has 0 radical (unpaired) electrons. The second kappa shape index (κ2) is 22.2. The fourth-order valence-electron chi connectivity index (χ4n) is 8.52. The lowest BCUT2D eigenvalue weighted by Gasteiger charge is -2.42. The molecule has 360 valence electrons. The molecule has 15 heteroatoms. The minimum atomic E-state index is -1.85. The van der Waals surface area contributed by atoms with E-state index in [9.17, 15) is 0 Å². The van der Waals surface area contributed by atoms with Gasteiger partial charge >= 0.3 is 0 Å². The Morgan fingerprint density at radius 3 is 1.50 bits per heavy atom. The first-order chi connectivity index (χ1) is 30.4. The van der Waals surface area contributed by atoms with Crippen molar-refractivity contribution in [2.24, 2.45) is 17.2 Å². The van der Waals surface area contributed by atoms with Gasteiger partial charge < -0.3 is 31.4 Å². The zero-order valence-corrected chi connectivity index (χ0v) is 44.3. The number of nitrogens with zero attached hydrogens (tertiary/aromatic N) is 4. The highest BCUT2D eigenvalue weighted by atomic mass is 35.5. The maximum atomic E-state index is 6.69. The summed E-state index contributed by atoms with van der Waals surface area (Å²) in [5, 5.41) is 5.28. The molecule has 4 aromatic rings. The number of benzene rings is 2. The van der Waals surface area contributed by atoms with E-state index in [2.05, 4.69) is 137 Å². The van der Waals surface area contributed by atoms with Gasteiger partial charge in [-0.05, 0) is 121 Å². The Morgan fingerprint density at radius 1 is 0.591 bits per heavy atom. The monoisotopic (exact) mass is 992 g/mol. The third-order valence-electron chi connectivity index (χ3n) is 13.9. The van der Waals surface area contributed by atoms with Crippen molar-refractivity contribution in [2.45, 2.75) is 173 Å². The molecule has 2 saturated carbocycles. The molecule has 0 aliphatic heterocycles. The number of nitrogens with one attached hydrogen (secondary N) is 1. The van der Waals surface area contributed by atoms with Crippen LogP contribution >= 0.6 is 34.8 Å². The van der Waals surface area contributed by atoms with E-state index < -0.39 is 16.6 Å². The van der Waals surface area contributed by atoms with Crippen LogP contribution in [0.3, 0.4) is 0 Å². The van der Waals surface area contributed by atoms with E-state index in [-0.39, 0.29) is 59.2 Å². The maximum absolute atomic E-state index is 6.69. The van der Waals surface area contributed by atoms with Gasteiger partial charge in [-0.1, -0.05) is 133 Å². The number of halogens is 3. The average Bonchev–Trinajstić information content (AvgIpc) is 3.83. The van der Waals surface area contributed by atoms with Crippen molar-refractivity contribution in [1.29, 1.82) is 0 Å². The van der Waals surface area contributed by atoms with Crippen molar-refractivity contribution < 1.29 is 8.85 Å². The van der Waals surface area contributed by atoms with Crippen molar-refractivity contribution in [1.82, 2.24) is 19.9 Å². The normalized spacial score (nSPS) is 22.8. The molecule has 0 spiro atoms. The fourth-order valence-corrected chi connectivity index (χ4v) is 11.8. The summed E-state index contributed by atoms with van der Waals surface area (Å²) < 4.78 is 13.1. The predicted octanol–water partition coefficient (Wildman–Crippen LogP) is 12.4. The van der Waals surface area contributed by atoms with Gasteiger partial charge in [-0.15, -0.1) is 0 Å². The number of nitrogens with two attached hydrogens (primary N) is 3. The third kappa shape index (κ3) is 13.6. The molecule has 0 bridgehead atoms. The second-order valence-corrected chi connectivity index (χ2v) is 31.9. The van der Waals surface area contributed by atoms with E-state index in [1.165, 1.54) is 28.5 Å². The smallest absolute Gasteiger partial charge is 0.223 e. The van der Waals surface area contributed by atoms with Crippen LogP contribution in [0.5, 0.6) is 0 Å². The summed E-state index contributed by atoms with van der Waals surface area (Å²) in [6.45, 7) is 22.8. The molecular formula is C51H75Cl3N8O2Si2. The summed E-state index contributed by atoms with van der Waals surface area (Å²) in [6, 6.07) is 17.3. The molecule has 2 heterocycles. The number of fused-ring (bicyclic) bond motifs is 2. The summed E-state index contributed by atoms with van der Waals surface area (Å²) in [7, 11) is -3.51. The van der Waals surface area contributed by atoms with Crippen LogP contribution in [0.2, 0.25) is 51.6 Å². The minimum Gasteiger partial charge on any atom is -0.414 e. The summed E-state index contributed by atoms with van der Waals surface area (Å²) >= 11 is 18.5. The Bertz CT molecular complexity index is 2340. The zero-order chi connectivity index (χ0) is 47.5. The van der Waals surface area contributed by atoms with Crippen LogP contribution in [0.1, 0.15) is 121 Å². The maximum Gasteiger partial charge on any atom is 0.223 e. The summed E-state index contributed by atoms with van der Waals surface area (Å²) in [5.74, 6) is 0.597. The Hall–Kier alpha value is -3.02. The lowest BCUT2D eigenvalue weighted by Crippen LogP contribution is -2.49. The highest BCUT2D eigenvalue weighted by Gasteiger charge is 2.42. The van der Waals surface area contributed by atoms with Crippen LogP contribution in [0.4, 0.5) is 5.95 Å². The van der Waals surface area contributed by atoms with Crippen molar-refractivity contribution in [3.63, 3.8) is 0 Å². The second-order valence-electron chi connectivity index (χ2n) is 21.2. The van der Waals surface area contributed by atoms with E-state index in [0.717, 1.165) is 68.2 Å². The summed E-state index contributed by atoms with van der Waals surface area (Å²) in [4.78, 5) is 17.4. The first-order valence-corrected chi connectivity index (χ1v) is 30.0. The largest absolute Gasteiger partial charge is 0.414 e. The number of hydrogen-bond acceptors (Lipinski definition) is 10. The SMILES string of the molecule is C.CC(C)(C)[Si](C)(C)OC1C[C@@H](N)C[C@@H](N)C1.CC(C)(C)[Si](C)(C)O[C@H]1C[C@H](N)C[C@H](Nc2ncc(Cl)c(C3=CCc4ccccc43)n2)C1.Clc1ncc(Cl)c(C2=CCc3ccccc32)n1. The van der Waals surface area contributed by atoms with Crippen molar-refractivity contribution in [2.75, 3.05) is 5.32 Å². The first kappa shape index (κ1) is 53.9. The minimum absolute atomic E-state index is 0. The topological polar surface area (TPSA) is 160 Å². The van der Waals surface area contributed by atoms with Gasteiger partial charge in [0.2, 0.25) is 11.2 Å². The van der Waals surface area contributed by atoms with Crippen LogP contribution in [-0.4, -0.2) is 72.9 Å². The van der Waals surface area contributed by atoms with Crippen molar-refractivity contribution in [3.8, 4) is 0 Å². The van der Waals surface area contributed by atoms with Gasteiger partial charge in [0.15, 0.2) is 16.6 Å². The Kier molecular flexibility index (Phi) is 18.1. The lowest BCUT2D eigenvalue weighted by molar-refractivity contribution is 0.118. The van der Waals surface area contributed by atoms with Gasteiger partial charge in [0.1, 0.15) is 0 Å². The fraction of sp³-hybridized carbons (Fsp3) is 0.529.